The van der Waals surface area contributed by atoms with Crippen LogP contribution >= 0.6 is 23.4 Å². The highest BCUT2D eigenvalue weighted by Crippen LogP contribution is 2.29. The number of halogens is 3. The molecule has 0 aromatic carbocycles. The molecule has 0 saturated carbocycles. The number of hydrogen-bond donors (Lipinski definition) is 0. The molecule has 0 nitrogen and oxygen atoms in total. The average molecular weight is 133 g/mol. The van der Waals surface area contributed by atoms with Crippen molar-refractivity contribution >= 4 is 23.4 Å². The van der Waals surface area contributed by atoms with Gasteiger partial charge in [-0.25, -0.2) is 0 Å². The highest BCUT2D eigenvalue weighted by atomic mass is 35.5. The molecule has 0 bridgehead atoms. The van der Waals surface area contributed by atoms with Crippen LogP contribution in [0.2, 0.25) is 0 Å². The Morgan fingerprint density at radius 3 is 1.83 bits per heavy atom. The molecule has 0 atom stereocenters. The summed E-state index contributed by atoms with van der Waals surface area (Å²) in [5.74, 6) is 0. The Morgan fingerprint density at radius 2 is 1.83 bits per heavy atom. The molecular weight excluding hydrogens is 130 g/mol. The molecule has 0 rings (SSSR count). The first-order chi connectivity index (χ1) is 2.56. The fourth-order valence-electron chi connectivity index (χ4n) is 0. The molecular formula is C2H3ClF2S. The van der Waals surface area contributed by atoms with E-state index in [1.807, 2.05) is 0 Å². The molecule has 6 heavy (non-hydrogen) atoms. The second-order valence-corrected chi connectivity index (χ2v) is 2.27. The first kappa shape index (κ1) is 6.50. The van der Waals surface area contributed by atoms with E-state index in [1.54, 1.807) is 0 Å². The van der Waals surface area contributed by atoms with Crippen molar-refractivity contribution in [3.8, 4) is 0 Å². The average Bonchev–Trinajstić information content (AvgIpc) is 1.35. The molecule has 0 aliphatic carbocycles. The van der Waals surface area contributed by atoms with Crippen LogP contribution in [0, 0.1) is 0 Å². The maximum atomic E-state index is 11.2. The summed E-state index contributed by atoms with van der Waals surface area (Å²) in [6.45, 7) is 0. The highest BCUT2D eigenvalue weighted by molar-refractivity contribution is 8.00. The predicted molar refractivity (Wildman–Crippen MR) is 24.3 cm³/mol. The summed E-state index contributed by atoms with van der Waals surface area (Å²) >= 11 is 4.66. The van der Waals surface area contributed by atoms with Gasteiger partial charge in [0.15, 0.2) is 0 Å². The predicted octanol–water partition coefficient (Wildman–Crippen LogP) is 2.14. The van der Waals surface area contributed by atoms with Crippen LogP contribution in [0.4, 0.5) is 8.78 Å². The van der Waals surface area contributed by atoms with E-state index >= 15 is 0 Å². The summed E-state index contributed by atoms with van der Waals surface area (Å²) in [4.78, 5) is 0. The third-order valence-electron chi connectivity index (χ3n) is 0.231. The molecule has 0 aromatic heterocycles. The molecule has 0 N–H and O–H groups in total. The van der Waals surface area contributed by atoms with Crippen molar-refractivity contribution in [2.24, 2.45) is 0 Å². The lowest BCUT2D eigenvalue weighted by atomic mass is 11.6. The van der Waals surface area contributed by atoms with Gasteiger partial charge in [-0.05, 0) is 17.9 Å². The molecule has 0 amide bonds. The third-order valence-corrected chi connectivity index (χ3v) is 1.16. The minimum Gasteiger partial charge on any atom is -0.177 e. The lowest BCUT2D eigenvalue weighted by Crippen LogP contribution is -1.93. The molecule has 0 heterocycles. The summed E-state index contributed by atoms with van der Waals surface area (Å²) in [6.07, 6.45) is 1.24. The van der Waals surface area contributed by atoms with E-state index < -0.39 is 4.71 Å². The van der Waals surface area contributed by atoms with Gasteiger partial charge < -0.3 is 0 Å². The Balaban J connectivity index is 3.17. The van der Waals surface area contributed by atoms with Crippen molar-refractivity contribution < 1.29 is 8.78 Å². The van der Waals surface area contributed by atoms with Gasteiger partial charge in [0.05, 0.1) is 0 Å². The topological polar surface area (TPSA) is 0 Å². The second-order valence-electron chi connectivity index (χ2n) is 0.650. The Labute approximate surface area is 43.9 Å². The highest BCUT2D eigenvalue weighted by Gasteiger charge is 2.21. The zero-order chi connectivity index (χ0) is 5.21. The zero-order valence-corrected chi connectivity index (χ0v) is 4.61. The Bertz CT molecular complexity index is 41.3. The number of rotatable bonds is 1. The molecule has 38 valence electrons. The first-order valence-corrected chi connectivity index (χ1v) is 2.78. The van der Waals surface area contributed by atoms with Gasteiger partial charge in [0.2, 0.25) is 0 Å². The van der Waals surface area contributed by atoms with Crippen LogP contribution in [0.15, 0.2) is 0 Å². The summed E-state index contributed by atoms with van der Waals surface area (Å²) < 4.78 is 19.3. The second kappa shape index (κ2) is 1.98. The smallest absolute Gasteiger partial charge is 0.177 e. The first-order valence-electron chi connectivity index (χ1n) is 1.18. The molecule has 0 unspecified atom stereocenters. The number of hydrogen-bond acceptors (Lipinski definition) is 1. The maximum absolute atomic E-state index is 11.2. The van der Waals surface area contributed by atoms with Crippen molar-refractivity contribution in [3.63, 3.8) is 0 Å². The summed E-state index contributed by atoms with van der Waals surface area (Å²) in [5.41, 5.74) is 0. The number of thioether (sulfide) groups is 1. The fourth-order valence-corrected chi connectivity index (χ4v) is 0. The number of alkyl halides is 3. The standard InChI is InChI=1S/C2H3ClF2S/c1-6-2(3,4)5/h1H3. The quantitative estimate of drug-likeness (QED) is 0.493. The van der Waals surface area contributed by atoms with Crippen molar-refractivity contribution in [1.29, 1.82) is 0 Å². The molecule has 0 aliphatic heterocycles. The molecule has 0 aliphatic rings. The molecule has 0 aromatic rings. The molecule has 0 fully saturated rings. The Hall–Kier alpha value is 0.500. The molecule has 0 spiro atoms. The van der Waals surface area contributed by atoms with E-state index in [4.69, 9.17) is 0 Å². The van der Waals surface area contributed by atoms with Gasteiger partial charge in [-0.3, -0.25) is 0 Å². The van der Waals surface area contributed by atoms with Gasteiger partial charge in [-0.2, -0.15) is 8.78 Å². The Morgan fingerprint density at radius 1 is 1.67 bits per heavy atom. The van der Waals surface area contributed by atoms with Crippen molar-refractivity contribution in [2.45, 2.75) is 4.71 Å². The minimum atomic E-state index is -3.07. The summed E-state index contributed by atoms with van der Waals surface area (Å²) in [5, 5.41) is 0. The van der Waals surface area contributed by atoms with E-state index in [0.29, 0.717) is 11.8 Å². The lowest BCUT2D eigenvalue weighted by Gasteiger charge is -1.97. The van der Waals surface area contributed by atoms with E-state index in [0.717, 1.165) is 0 Å². The van der Waals surface area contributed by atoms with Gasteiger partial charge in [-0.1, -0.05) is 11.8 Å². The molecule has 0 saturated heterocycles. The van der Waals surface area contributed by atoms with Crippen molar-refractivity contribution in [1.82, 2.24) is 0 Å². The van der Waals surface area contributed by atoms with Crippen LogP contribution in [-0.4, -0.2) is 11.0 Å². The van der Waals surface area contributed by atoms with Gasteiger partial charge in [0, 0.05) is 0 Å². The monoisotopic (exact) mass is 132 g/mol. The Kier molecular flexibility index (Phi) is 2.15. The van der Waals surface area contributed by atoms with Crippen LogP contribution in [0.1, 0.15) is 0 Å². The van der Waals surface area contributed by atoms with Crippen LogP contribution < -0.4 is 0 Å². The maximum Gasteiger partial charge on any atom is 0.371 e. The van der Waals surface area contributed by atoms with Crippen LogP contribution in [0.5, 0.6) is 0 Å². The summed E-state index contributed by atoms with van der Waals surface area (Å²) in [6, 6.07) is 0. The molecule has 4 heteroatoms. The van der Waals surface area contributed by atoms with E-state index in [1.165, 1.54) is 6.26 Å². The van der Waals surface area contributed by atoms with Crippen molar-refractivity contribution in [3.05, 3.63) is 0 Å². The van der Waals surface area contributed by atoms with Gasteiger partial charge in [0.25, 0.3) is 0 Å². The van der Waals surface area contributed by atoms with Crippen molar-refractivity contribution in [2.75, 3.05) is 6.26 Å². The summed E-state index contributed by atoms with van der Waals surface area (Å²) in [7, 11) is 0. The van der Waals surface area contributed by atoms with Crippen LogP contribution in [0.25, 0.3) is 0 Å². The minimum absolute atomic E-state index is 0.314. The van der Waals surface area contributed by atoms with E-state index in [9.17, 15) is 8.78 Å². The normalized spacial score (nSPS) is 12.0. The lowest BCUT2D eigenvalue weighted by molar-refractivity contribution is 0.204. The van der Waals surface area contributed by atoms with Crippen LogP contribution in [0.3, 0.4) is 0 Å². The van der Waals surface area contributed by atoms with E-state index in [-0.39, 0.29) is 0 Å². The zero-order valence-electron chi connectivity index (χ0n) is 3.04. The molecule has 0 radical (unpaired) electrons. The largest absolute Gasteiger partial charge is 0.371 e. The van der Waals surface area contributed by atoms with Gasteiger partial charge in [0.1, 0.15) is 0 Å². The third kappa shape index (κ3) is 4.50. The van der Waals surface area contributed by atoms with Crippen LogP contribution in [-0.2, 0) is 0 Å². The SMILES string of the molecule is CSC(F)(F)Cl. The van der Waals surface area contributed by atoms with E-state index in [2.05, 4.69) is 11.6 Å². The van der Waals surface area contributed by atoms with Gasteiger partial charge >= 0.3 is 4.71 Å². The van der Waals surface area contributed by atoms with Gasteiger partial charge in [-0.15, -0.1) is 0 Å². The fraction of sp³-hybridized carbons (Fsp3) is 1.00.